The predicted octanol–water partition coefficient (Wildman–Crippen LogP) is 10.2. The number of halogens is 6. The van der Waals surface area contributed by atoms with Crippen molar-refractivity contribution < 1.29 is 26.3 Å². The van der Waals surface area contributed by atoms with E-state index in [-0.39, 0.29) is 12.1 Å². The highest BCUT2D eigenvalue weighted by Crippen LogP contribution is 2.63. The summed E-state index contributed by atoms with van der Waals surface area (Å²) in [5, 5.41) is 3.03. The van der Waals surface area contributed by atoms with Gasteiger partial charge < -0.3 is 5.32 Å². The molecule has 1 N–H and O–H groups in total. The van der Waals surface area contributed by atoms with Crippen LogP contribution in [0, 0.1) is 34.9 Å². The first-order valence-corrected chi connectivity index (χ1v) is 14.3. The van der Waals surface area contributed by atoms with Crippen molar-refractivity contribution in [1.82, 2.24) is 0 Å². The first kappa shape index (κ1) is 27.3. The number of fused-ring (bicyclic) bond motifs is 10. The molecule has 0 fully saturated rings. The molecule has 220 valence electrons. The van der Waals surface area contributed by atoms with Crippen molar-refractivity contribution in [1.29, 1.82) is 0 Å². The first-order valence-electron chi connectivity index (χ1n) is 14.3. The van der Waals surface area contributed by atoms with Gasteiger partial charge >= 0.3 is 0 Å². The molecule has 0 bridgehead atoms. The zero-order valence-electron chi connectivity index (χ0n) is 23.4. The maximum absolute atomic E-state index is 14.1. The third-order valence-corrected chi connectivity index (χ3v) is 8.88. The Morgan fingerprint density at radius 3 is 1.51 bits per heavy atom. The molecule has 45 heavy (non-hydrogen) atoms. The van der Waals surface area contributed by atoms with E-state index in [2.05, 4.69) is 29.6 Å². The molecular weight excluding hydrogens is 584 g/mol. The number of benzene rings is 6. The molecule has 0 aliphatic heterocycles. The van der Waals surface area contributed by atoms with Gasteiger partial charge in [-0.1, -0.05) is 72.8 Å². The zero-order valence-corrected chi connectivity index (χ0v) is 23.4. The van der Waals surface area contributed by atoms with Gasteiger partial charge in [0.25, 0.3) is 0 Å². The van der Waals surface area contributed by atoms with Gasteiger partial charge in [0.2, 0.25) is 0 Å². The molecule has 6 aromatic carbocycles. The summed E-state index contributed by atoms with van der Waals surface area (Å²) in [7, 11) is 0. The van der Waals surface area contributed by atoms with Crippen LogP contribution in [0.4, 0.5) is 37.7 Å². The predicted molar refractivity (Wildman–Crippen MR) is 161 cm³/mol. The lowest BCUT2D eigenvalue weighted by Crippen LogP contribution is -2.26. The van der Waals surface area contributed by atoms with E-state index in [4.69, 9.17) is 0 Å². The SMILES string of the molecule is Fc1cc(Cc2ccc3c(c2)C2(c4ccccc4-3)c3ccccc3-c3ccc(Nc4cc(F)c(F)c(F)c4)cc32)cc(F)c1F. The minimum absolute atomic E-state index is 0.0594. The topological polar surface area (TPSA) is 12.0 Å². The second-order valence-electron chi connectivity index (χ2n) is 11.4. The molecule has 0 aromatic heterocycles. The third kappa shape index (κ3) is 3.96. The summed E-state index contributed by atoms with van der Waals surface area (Å²) in [4.78, 5) is 0. The smallest absolute Gasteiger partial charge is 0.194 e. The molecular formula is C38H21F6N. The second-order valence-corrected chi connectivity index (χ2v) is 11.4. The molecule has 0 saturated carbocycles. The molecule has 0 saturated heterocycles. The fourth-order valence-corrected chi connectivity index (χ4v) is 7.11. The fraction of sp³-hybridized carbons (Fsp3) is 0.0526. The van der Waals surface area contributed by atoms with Crippen LogP contribution >= 0.6 is 0 Å². The Kier molecular flexibility index (Phi) is 5.97. The molecule has 1 spiro atoms. The van der Waals surface area contributed by atoms with Crippen LogP contribution < -0.4 is 5.32 Å². The van der Waals surface area contributed by atoms with Crippen molar-refractivity contribution in [2.24, 2.45) is 0 Å². The summed E-state index contributed by atoms with van der Waals surface area (Å²) in [6.07, 6.45) is 0.172. The summed E-state index contributed by atoms with van der Waals surface area (Å²) < 4.78 is 83.6. The Morgan fingerprint density at radius 1 is 0.422 bits per heavy atom. The minimum Gasteiger partial charge on any atom is -0.355 e. The molecule has 1 unspecified atom stereocenters. The number of nitrogens with one attached hydrogen (secondary N) is 1. The van der Waals surface area contributed by atoms with Gasteiger partial charge in [-0.15, -0.1) is 0 Å². The van der Waals surface area contributed by atoms with Gasteiger partial charge in [0.1, 0.15) is 0 Å². The van der Waals surface area contributed by atoms with E-state index >= 15 is 0 Å². The van der Waals surface area contributed by atoms with E-state index in [1.54, 1.807) is 0 Å². The highest BCUT2D eigenvalue weighted by Gasteiger charge is 2.51. The third-order valence-electron chi connectivity index (χ3n) is 8.88. The maximum Gasteiger partial charge on any atom is 0.194 e. The first-order chi connectivity index (χ1) is 21.8. The maximum atomic E-state index is 14.1. The van der Waals surface area contributed by atoms with Crippen LogP contribution in [0.2, 0.25) is 0 Å². The van der Waals surface area contributed by atoms with E-state index in [9.17, 15) is 26.3 Å². The Balaban J connectivity index is 1.34. The molecule has 2 aliphatic carbocycles. The van der Waals surface area contributed by atoms with Crippen molar-refractivity contribution in [3.63, 3.8) is 0 Å². The monoisotopic (exact) mass is 605 g/mol. The van der Waals surface area contributed by atoms with Gasteiger partial charge in [-0.2, -0.15) is 0 Å². The van der Waals surface area contributed by atoms with E-state index in [0.717, 1.165) is 74.3 Å². The van der Waals surface area contributed by atoms with Crippen molar-refractivity contribution >= 4 is 11.4 Å². The Morgan fingerprint density at radius 2 is 0.911 bits per heavy atom. The molecule has 6 aromatic rings. The lowest BCUT2D eigenvalue weighted by atomic mass is 9.70. The van der Waals surface area contributed by atoms with Gasteiger partial charge in [-0.05, 0) is 86.3 Å². The number of anilines is 2. The normalized spacial score (nSPS) is 15.5. The molecule has 1 atom stereocenters. The van der Waals surface area contributed by atoms with Crippen molar-refractivity contribution in [3.8, 4) is 22.3 Å². The highest BCUT2D eigenvalue weighted by atomic mass is 19.2. The van der Waals surface area contributed by atoms with E-state index in [1.807, 2.05) is 60.7 Å². The summed E-state index contributed by atoms with van der Waals surface area (Å²) in [5.41, 5.74) is 8.89. The minimum atomic E-state index is -1.54. The van der Waals surface area contributed by atoms with Crippen LogP contribution in [0.5, 0.6) is 0 Å². The van der Waals surface area contributed by atoms with Crippen LogP contribution in [-0.4, -0.2) is 0 Å². The van der Waals surface area contributed by atoms with Crippen LogP contribution in [-0.2, 0) is 11.8 Å². The van der Waals surface area contributed by atoms with Gasteiger partial charge in [0.05, 0.1) is 5.41 Å². The quantitative estimate of drug-likeness (QED) is 0.156. The molecule has 8 rings (SSSR count). The highest BCUT2D eigenvalue weighted by molar-refractivity contribution is 5.95. The number of hydrogen-bond donors (Lipinski definition) is 1. The molecule has 7 heteroatoms. The van der Waals surface area contributed by atoms with Gasteiger partial charge in [0.15, 0.2) is 34.9 Å². The molecule has 1 nitrogen and oxygen atoms in total. The van der Waals surface area contributed by atoms with Crippen LogP contribution in [0.25, 0.3) is 22.3 Å². The Hall–Kier alpha value is -5.30. The Bertz CT molecular complexity index is 2000. The molecule has 0 radical (unpaired) electrons. The largest absolute Gasteiger partial charge is 0.355 e. The van der Waals surface area contributed by atoms with Crippen LogP contribution in [0.1, 0.15) is 33.4 Å². The molecule has 0 amide bonds. The van der Waals surface area contributed by atoms with Gasteiger partial charge in [0, 0.05) is 23.5 Å². The van der Waals surface area contributed by atoms with Crippen molar-refractivity contribution in [2.75, 3.05) is 5.32 Å². The van der Waals surface area contributed by atoms with Crippen LogP contribution in [0.3, 0.4) is 0 Å². The molecule has 2 aliphatic rings. The number of rotatable bonds is 4. The zero-order chi connectivity index (χ0) is 31.0. The Labute approximate surface area is 254 Å². The average molecular weight is 606 g/mol. The lowest BCUT2D eigenvalue weighted by Gasteiger charge is -2.31. The van der Waals surface area contributed by atoms with E-state index in [1.165, 1.54) is 0 Å². The van der Waals surface area contributed by atoms with Crippen molar-refractivity contribution in [2.45, 2.75) is 11.8 Å². The summed E-state index contributed by atoms with van der Waals surface area (Å²) in [6, 6.07) is 31.6. The summed E-state index contributed by atoms with van der Waals surface area (Å²) >= 11 is 0. The summed E-state index contributed by atoms with van der Waals surface area (Å²) in [5.74, 6) is -8.12. The molecule has 0 heterocycles. The van der Waals surface area contributed by atoms with Gasteiger partial charge in [-0.3, -0.25) is 0 Å². The van der Waals surface area contributed by atoms with E-state index < -0.39 is 40.3 Å². The standard InChI is InChI=1S/C38H21F6N/c39-32-15-21(16-33(40)36(32)43)13-20-9-11-26-24-5-1-3-7-28(24)38(30(26)14-20)29-8-4-2-6-25(29)27-12-10-22(17-31(27)38)45-23-18-34(41)37(44)35(42)19-23/h1-12,14-19,45H,13H2. The van der Waals surface area contributed by atoms with Crippen LogP contribution in [0.15, 0.2) is 109 Å². The van der Waals surface area contributed by atoms with Gasteiger partial charge in [-0.25, -0.2) is 26.3 Å². The average Bonchev–Trinajstić information content (AvgIpc) is 3.49. The summed E-state index contributed by atoms with van der Waals surface area (Å²) in [6.45, 7) is 0. The lowest BCUT2D eigenvalue weighted by molar-refractivity contribution is 0.445. The van der Waals surface area contributed by atoms with E-state index in [0.29, 0.717) is 11.3 Å². The number of hydrogen-bond acceptors (Lipinski definition) is 1. The fourth-order valence-electron chi connectivity index (χ4n) is 7.11. The van der Waals surface area contributed by atoms with Crippen molar-refractivity contribution in [3.05, 3.63) is 177 Å². The second kappa shape index (κ2) is 9.86.